The van der Waals surface area contributed by atoms with E-state index in [2.05, 4.69) is 10.3 Å². The van der Waals surface area contributed by atoms with Crippen molar-refractivity contribution < 1.29 is 14.3 Å². The highest BCUT2D eigenvalue weighted by atomic mass is 35.5. The third-order valence-corrected chi connectivity index (χ3v) is 3.77. The van der Waals surface area contributed by atoms with Crippen molar-refractivity contribution in [3.63, 3.8) is 0 Å². The van der Waals surface area contributed by atoms with Crippen LogP contribution in [0.5, 0.6) is 0 Å². The molecule has 1 N–H and O–H groups in total. The molecule has 0 aliphatic rings. The van der Waals surface area contributed by atoms with E-state index in [1.807, 2.05) is 35.0 Å². The van der Waals surface area contributed by atoms with Gasteiger partial charge in [0.15, 0.2) is 0 Å². The number of nitrogens with zero attached hydrogens (tertiary/aromatic N) is 2. The quantitative estimate of drug-likeness (QED) is 0.688. The summed E-state index contributed by atoms with van der Waals surface area (Å²) in [6.07, 6.45) is 3.78. The number of fused-ring (bicyclic) bond motifs is 1. The second kappa shape index (κ2) is 7.81. The van der Waals surface area contributed by atoms with Crippen LogP contribution in [0.2, 0.25) is 5.02 Å². The number of benzene rings is 1. The predicted molar refractivity (Wildman–Crippen MR) is 93.4 cm³/mol. The van der Waals surface area contributed by atoms with Crippen LogP contribution < -0.4 is 5.32 Å². The van der Waals surface area contributed by atoms with Gasteiger partial charge in [-0.25, -0.2) is 4.98 Å². The molecule has 0 atom stereocenters. The molecule has 1 amide bonds. The van der Waals surface area contributed by atoms with Crippen molar-refractivity contribution in [2.24, 2.45) is 0 Å². The molecule has 3 aromatic rings. The zero-order chi connectivity index (χ0) is 17.6. The van der Waals surface area contributed by atoms with Gasteiger partial charge in [-0.05, 0) is 36.4 Å². The van der Waals surface area contributed by atoms with Crippen LogP contribution in [0.15, 0.2) is 54.9 Å². The molecule has 0 bridgehead atoms. The van der Waals surface area contributed by atoms with Crippen molar-refractivity contribution in [2.75, 3.05) is 6.54 Å². The summed E-state index contributed by atoms with van der Waals surface area (Å²) < 4.78 is 7.03. The number of ether oxygens (including phenoxy) is 1. The number of nitrogens with one attached hydrogen (secondary N) is 1. The van der Waals surface area contributed by atoms with Gasteiger partial charge in [0, 0.05) is 29.5 Å². The Morgan fingerprint density at radius 3 is 2.72 bits per heavy atom. The van der Waals surface area contributed by atoms with Crippen molar-refractivity contribution in [1.82, 2.24) is 14.7 Å². The van der Waals surface area contributed by atoms with Crippen LogP contribution in [0.25, 0.3) is 5.65 Å². The molecule has 6 nitrogen and oxygen atoms in total. The summed E-state index contributed by atoms with van der Waals surface area (Å²) in [6, 6.07) is 12.2. The lowest BCUT2D eigenvalue weighted by atomic mass is 10.2. The summed E-state index contributed by atoms with van der Waals surface area (Å²) in [5.74, 6) is -0.654. The van der Waals surface area contributed by atoms with Gasteiger partial charge in [-0.3, -0.25) is 9.59 Å². The first-order valence-electron chi connectivity index (χ1n) is 7.74. The maximum atomic E-state index is 11.9. The molecule has 25 heavy (non-hydrogen) atoms. The van der Waals surface area contributed by atoms with E-state index in [-0.39, 0.29) is 25.5 Å². The summed E-state index contributed by atoms with van der Waals surface area (Å²) in [6.45, 7) is 0.303. The van der Waals surface area contributed by atoms with Crippen molar-refractivity contribution in [3.05, 3.63) is 71.1 Å². The average Bonchev–Trinajstić information content (AvgIpc) is 3.03. The number of hydrogen-bond acceptors (Lipinski definition) is 4. The molecule has 0 aliphatic heterocycles. The van der Waals surface area contributed by atoms with Crippen LogP contribution in [0.1, 0.15) is 22.5 Å². The lowest BCUT2D eigenvalue weighted by molar-refractivity contribution is -0.144. The fourth-order valence-corrected chi connectivity index (χ4v) is 2.39. The zero-order valence-electron chi connectivity index (χ0n) is 13.3. The van der Waals surface area contributed by atoms with Crippen molar-refractivity contribution in [2.45, 2.75) is 13.0 Å². The van der Waals surface area contributed by atoms with Gasteiger partial charge in [-0.2, -0.15) is 0 Å². The molecule has 0 unspecified atom stereocenters. The van der Waals surface area contributed by atoms with E-state index in [1.54, 1.807) is 24.3 Å². The first-order valence-corrected chi connectivity index (χ1v) is 8.11. The minimum absolute atomic E-state index is 0.0900. The van der Waals surface area contributed by atoms with E-state index >= 15 is 0 Å². The molecule has 7 heteroatoms. The van der Waals surface area contributed by atoms with Crippen LogP contribution in [0, 0.1) is 0 Å². The molecule has 0 spiro atoms. The van der Waals surface area contributed by atoms with Gasteiger partial charge in [0.1, 0.15) is 12.3 Å². The fourth-order valence-electron chi connectivity index (χ4n) is 2.26. The summed E-state index contributed by atoms with van der Waals surface area (Å²) >= 11 is 5.77. The average molecular weight is 358 g/mol. The Hall–Kier alpha value is -2.86. The predicted octanol–water partition coefficient (Wildman–Crippen LogP) is 2.85. The molecule has 0 fully saturated rings. The molecular formula is C18H16ClN3O3. The lowest BCUT2D eigenvalue weighted by Gasteiger charge is -2.05. The normalized spacial score (nSPS) is 10.6. The Bertz CT molecular complexity index is 857. The van der Waals surface area contributed by atoms with Gasteiger partial charge in [-0.15, -0.1) is 0 Å². The molecule has 0 saturated carbocycles. The van der Waals surface area contributed by atoms with E-state index < -0.39 is 5.97 Å². The van der Waals surface area contributed by atoms with Crippen LogP contribution in [0.3, 0.4) is 0 Å². The SMILES string of the molecule is O=C(CCNC(=O)c1ccc(Cl)cc1)OCc1cn2ccccc2n1. The Kier molecular flexibility index (Phi) is 5.30. The van der Waals surface area contributed by atoms with Gasteiger partial charge < -0.3 is 14.5 Å². The number of hydrogen-bond donors (Lipinski definition) is 1. The number of carbonyl (C=O) groups is 2. The number of rotatable bonds is 6. The van der Waals surface area contributed by atoms with Crippen LogP contribution >= 0.6 is 11.6 Å². The zero-order valence-corrected chi connectivity index (χ0v) is 14.1. The third kappa shape index (κ3) is 4.58. The summed E-state index contributed by atoms with van der Waals surface area (Å²) in [7, 11) is 0. The highest BCUT2D eigenvalue weighted by Crippen LogP contribution is 2.09. The largest absolute Gasteiger partial charge is 0.459 e. The van der Waals surface area contributed by atoms with E-state index in [0.29, 0.717) is 16.3 Å². The standard InChI is InChI=1S/C18H16ClN3O3/c19-14-6-4-13(5-7-14)18(24)20-9-8-17(23)25-12-15-11-22-10-2-1-3-16(22)21-15/h1-7,10-11H,8-9,12H2,(H,20,24). The van der Waals surface area contributed by atoms with Gasteiger partial charge >= 0.3 is 5.97 Å². The van der Waals surface area contributed by atoms with Gasteiger partial charge in [0.2, 0.25) is 0 Å². The molecular weight excluding hydrogens is 342 g/mol. The number of pyridine rings is 1. The number of esters is 1. The highest BCUT2D eigenvalue weighted by Gasteiger charge is 2.09. The number of carbonyl (C=O) groups excluding carboxylic acids is 2. The molecule has 0 radical (unpaired) electrons. The third-order valence-electron chi connectivity index (χ3n) is 3.52. The maximum Gasteiger partial charge on any atom is 0.307 e. The molecule has 2 heterocycles. The molecule has 128 valence electrons. The van der Waals surface area contributed by atoms with Crippen molar-refractivity contribution in [3.8, 4) is 0 Å². The second-order valence-electron chi connectivity index (χ2n) is 5.37. The van der Waals surface area contributed by atoms with Gasteiger partial charge in [0.05, 0.1) is 12.1 Å². The van der Waals surface area contributed by atoms with Crippen LogP contribution in [0.4, 0.5) is 0 Å². The highest BCUT2D eigenvalue weighted by molar-refractivity contribution is 6.30. The van der Waals surface area contributed by atoms with E-state index in [1.165, 1.54) is 0 Å². The Balaban J connectivity index is 1.42. The Morgan fingerprint density at radius 1 is 1.16 bits per heavy atom. The smallest absolute Gasteiger partial charge is 0.307 e. The molecule has 3 rings (SSSR count). The lowest BCUT2D eigenvalue weighted by Crippen LogP contribution is -2.26. The van der Waals surface area contributed by atoms with E-state index in [4.69, 9.17) is 16.3 Å². The minimum atomic E-state index is -0.395. The molecule has 2 aromatic heterocycles. The maximum absolute atomic E-state index is 11.9. The first kappa shape index (κ1) is 17.0. The first-order chi connectivity index (χ1) is 12.1. The Labute approximate surface area is 149 Å². The number of amides is 1. The van der Waals surface area contributed by atoms with Gasteiger partial charge in [-0.1, -0.05) is 17.7 Å². The van der Waals surface area contributed by atoms with Crippen LogP contribution in [-0.2, 0) is 16.1 Å². The topological polar surface area (TPSA) is 72.7 Å². The minimum Gasteiger partial charge on any atom is -0.459 e. The molecule has 0 saturated heterocycles. The molecule has 1 aromatic carbocycles. The van der Waals surface area contributed by atoms with E-state index in [0.717, 1.165) is 5.65 Å². The van der Waals surface area contributed by atoms with Crippen molar-refractivity contribution in [1.29, 1.82) is 0 Å². The van der Waals surface area contributed by atoms with Crippen LogP contribution in [-0.4, -0.2) is 27.8 Å². The monoisotopic (exact) mass is 357 g/mol. The number of imidazole rings is 1. The molecule has 0 aliphatic carbocycles. The summed E-state index contributed by atoms with van der Waals surface area (Å²) in [5.41, 5.74) is 1.95. The van der Waals surface area contributed by atoms with Crippen molar-refractivity contribution >= 4 is 29.1 Å². The number of aromatic nitrogens is 2. The fraction of sp³-hybridized carbons (Fsp3) is 0.167. The number of halogens is 1. The summed E-state index contributed by atoms with van der Waals surface area (Å²) in [5, 5.41) is 3.23. The Morgan fingerprint density at radius 2 is 1.96 bits per heavy atom. The second-order valence-corrected chi connectivity index (χ2v) is 5.81. The summed E-state index contributed by atoms with van der Waals surface area (Å²) in [4.78, 5) is 28.0. The van der Waals surface area contributed by atoms with E-state index in [9.17, 15) is 9.59 Å². The van der Waals surface area contributed by atoms with Gasteiger partial charge in [0.25, 0.3) is 5.91 Å².